The molecule has 1 unspecified atom stereocenters. The van der Waals surface area contributed by atoms with E-state index in [1.807, 2.05) is 5.32 Å². The predicted molar refractivity (Wildman–Crippen MR) is 38.6 cm³/mol. The Morgan fingerprint density at radius 3 is 2.50 bits per heavy atom. The highest BCUT2D eigenvalue weighted by Gasteiger charge is 2.13. The standard InChI is InChI=1S/C4H8N2O5S/c5-3(2-12(9,10)11)6-4(8)1-7/h1,3H,2,5H2,(H,6,8)(H,9,10,11). The van der Waals surface area contributed by atoms with Crippen LogP contribution in [0.3, 0.4) is 0 Å². The van der Waals surface area contributed by atoms with Gasteiger partial charge in [-0.25, -0.2) is 0 Å². The third kappa shape index (κ3) is 5.77. The second-order valence-electron chi connectivity index (χ2n) is 1.98. The van der Waals surface area contributed by atoms with Crippen LogP contribution in [0.1, 0.15) is 0 Å². The lowest BCUT2D eigenvalue weighted by molar-refractivity contribution is -0.131. The van der Waals surface area contributed by atoms with Crippen LogP contribution in [0.2, 0.25) is 0 Å². The molecule has 0 heterocycles. The van der Waals surface area contributed by atoms with Crippen LogP contribution in [0.5, 0.6) is 0 Å². The molecule has 8 heteroatoms. The number of hydrogen-bond donors (Lipinski definition) is 3. The molecule has 12 heavy (non-hydrogen) atoms. The van der Waals surface area contributed by atoms with Gasteiger partial charge in [0.15, 0.2) is 0 Å². The fourth-order valence-electron chi connectivity index (χ4n) is 0.485. The lowest BCUT2D eigenvalue weighted by Crippen LogP contribution is -2.46. The first kappa shape index (κ1) is 11.0. The lowest BCUT2D eigenvalue weighted by atomic mass is 10.5. The van der Waals surface area contributed by atoms with Gasteiger partial charge in [-0.05, 0) is 0 Å². The van der Waals surface area contributed by atoms with Crippen LogP contribution in [0.25, 0.3) is 0 Å². The highest BCUT2D eigenvalue weighted by Crippen LogP contribution is 1.83. The van der Waals surface area contributed by atoms with Crippen molar-refractivity contribution < 1.29 is 22.6 Å². The number of rotatable bonds is 4. The van der Waals surface area contributed by atoms with Gasteiger partial charge in [0.1, 0.15) is 5.75 Å². The molecule has 70 valence electrons. The Hall–Kier alpha value is -0.990. The molecule has 0 aliphatic heterocycles. The van der Waals surface area contributed by atoms with Gasteiger partial charge in [-0.1, -0.05) is 0 Å². The number of hydrogen-bond acceptors (Lipinski definition) is 5. The minimum absolute atomic E-state index is 0.0517. The summed E-state index contributed by atoms with van der Waals surface area (Å²) < 4.78 is 28.5. The number of carbonyl (C=O) groups is 2. The Balaban J connectivity index is 3.99. The Labute approximate surface area is 68.7 Å². The quantitative estimate of drug-likeness (QED) is 0.197. The average molecular weight is 196 g/mol. The maximum atomic E-state index is 10.3. The summed E-state index contributed by atoms with van der Waals surface area (Å²) in [6.07, 6.45) is -1.33. The van der Waals surface area contributed by atoms with E-state index in [9.17, 15) is 18.0 Å². The van der Waals surface area contributed by atoms with Crippen molar-refractivity contribution in [3.8, 4) is 0 Å². The molecule has 0 aliphatic rings. The fourth-order valence-corrected chi connectivity index (χ4v) is 1.02. The number of nitrogens with two attached hydrogens (primary N) is 1. The van der Waals surface area contributed by atoms with Gasteiger partial charge in [0.2, 0.25) is 6.29 Å². The maximum Gasteiger partial charge on any atom is 0.285 e. The Morgan fingerprint density at radius 1 is 1.67 bits per heavy atom. The van der Waals surface area contributed by atoms with Crippen LogP contribution in [0, 0.1) is 0 Å². The maximum absolute atomic E-state index is 10.3. The summed E-state index contributed by atoms with van der Waals surface area (Å²) in [5.74, 6) is -1.86. The van der Waals surface area contributed by atoms with Crippen molar-refractivity contribution in [3.63, 3.8) is 0 Å². The number of nitrogens with one attached hydrogen (secondary N) is 1. The third-order valence-electron chi connectivity index (χ3n) is 0.825. The zero-order valence-corrected chi connectivity index (χ0v) is 6.74. The van der Waals surface area contributed by atoms with Gasteiger partial charge in [-0.15, -0.1) is 0 Å². The molecule has 1 atom stereocenters. The van der Waals surface area contributed by atoms with E-state index in [4.69, 9.17) is 10.3 Å². The SMILES string of the molecule is NC(CS(=O)(=O)O)NC(=O)C=O. The van der Waals surface area contributed by atoms with Crippen LogP contribution in [0.4, 0.5) is 0 Å². The molecule has 0 spiro atoms. The van der Waals surface area contributed by atoms with Crippen LogP contribution in [-0.4, -0.2) is 37.1 Å². The molecule has 0 rings (SSSR count). The Bertz CT molecular complexity index is 271. The summed E-state index contributed by atoms with van der Waals surface area (Å²) in [6.45, 7) is 0. The molecular weight excluding hydrogens is 188 g/mol. The zero-order valence-electron chi connectivity index (χ0n) is 5.93. The fraction of sp³-hybridized carbons (Fsp3) is 0.500. The normalized spacial score (nSPS) is 13.5. The van der Waals surface area contributed by atoms with Gasteiger partial charge in [0.25, 0.3) is 16.0 Å². The van der Waals surface area contributed by atoms with Gasteiger partial charge in [0.05, 0.1) is 6.17 Å². The molecule has 0 saturated carbocycles. The van der Waals surface area contributed by atoms with Crippen molar-refractivity contribution in [1.29, 1.82) is 0 Å². The van der Waals surface area contributed by atoms with E-state index in [0.29, 0.717) is 0 Å². The molecule has 0 bridgehead atoms. The molecule has 1 amide bonds. The van der Waals surface area contributed by atoms with E-state index in [1.54, 1.807) is 0 Å². The monoisotopic (exact) mass is 196 g/mol. The molecule has 0 aromatic carbocycles. The van der Waals surface area contributed by atoms with E-state index >= 15 is 0 Å². The van der Waals surface area contributed by atoms with Gasteiger partial charge in [-0.3, -0.25) is 14.1 Å². The van der Waals surface area contributed by atoms with Crippen molar-refractivity contribution in [2.75, 3.05) is 5.75 Å². The lowest BCUT2D eigenvalue weighted by Gasteiger charge is -2.08. The number of amides is 1. The molecule has 0 aromatic heterocycles. The summed E-state index contributed by atoms with van der Waals surface area (Å²) in [5, 5.41) is 1.82. The molecule has 0 saturated heterocycles. The van der Waals surface area contributed by atoms with Crippen LogP contribution >= 0.6 is 0 Å². The van der Waals surface area contributed by atoms with Crippen LogP contribution in [-0.2, 0) is 19.7 Å². The van der Waals surface area contributed by atoms with E-state index in [2.05, 4.69) is 0 Å². The first-order valence-corrected chi connectivity index (χ1v) is 4.42. The number of aldehydes is 1. The topological polar surface area (TPSA) is 127 Å². The minimum Gasteiger partial charge on any atom is -0.334 e. The van der Waals surface area contributed by atoms with E-state index in [-0.39, 0.29) is 6.29 Å². The van der Waals surface area contributed by atoms with E-state index < -0.39 is 27.9 Å². The smallest absolute Gasteiger partial charge is 0.285 e. The highest BCUT2D eigenvalue weighted by molar-refractivity contribution is 7.85. The second-order valence-corrected chi connectivity index (χ2v) is 3.48. The molecule has 7 nitrogen and oxygen atoms in total. The molecule has 0 aliphatic carbocycles. The largest absolute Gasteiger partial charge is 0.334 e. The summed E-state index contributed by atoms with van der Waals surface area (Å²) in [4.78, 5) is 20.0. The summed E-state index contributed by atoms with van der Waals surface area (Å²) >= 11 is 0. The molecule has 0 fully saturated rings. The van der Waals surface area contributed by atoms with Crippen molar-refractivity contribution in [2.45, 2.75) is 6.17 Å². The first-order chi connectivity index (χ1) is 5.35. The van der Waals surface area contributed by atoms with Crippen molar-refractivity contribution >= 4 is 22.3 Å². The van der Waals surface area contributed by atoms with Crippen LogP contribution in [0.15, 0.2) is 0 Å². The molecule has 0 aromatic rings. The average Bonchev–Trinajstić information content (AvgIpc) is 1.82. The summed E-state index contributed by atoms with van der Waals surface area (Å²) in [6, 6.07) is 0. The van der Waals surface area contributed by atoms with Crippen LogP contribution < -0.4 is 11.1 Å². The zero-order chi connectivity index (χ0) is 9.78. The number of carbonyl (C=O) groups excluding carboxylic acids is 2. The highest BCUT2D eigenvalue weighted by atomic mass is 32.2. The second kappa shape index (κ2) is 4.14. The van der Waals surface area contributed by atoms with Crippen molar-refractivity contribution in [2.24, 2.45) is 5.73 Å². The molecule has 0 radical (unpaired) electrons. The van der Waals surface area contributed by atoms with Gasteiger partial charge >= 0.3 is 0 Å². The Kier molecular flexibility index (Phi) is 3.80. The summed E-state index contributed by atoms with van der Waals surface area (Å²) in [7, 11) is -4.23. The minimum atomic E-state index is -4.23. The Morgan fingerprint density at radius 2 is 2.17 bits per heavy atom. The van der Waals surface area contributed by atoms with E-state index in [1.165, 1.54) is 0 Å². The molecule has 4 N–H and O–H groups in total. The van der Waals surface area contributed by atoms with E-state index in [0.717, 1.165) is 0 Å². The third-order valence-corrected chi connectivity index (χ3v) is 1.61. The van der Waals surface area contributed by atoms with Gasteiger partial charge in [-0.2, -0.15) is 8.42 Å². The van der Waals surface area contributed by atoms with Crippen molar-refractivity contribution in [1.82, 2.24) is 5.32 Å². The van der Waals surface area contributed by atoms with Gasteiger partial charge in [0, 0.05) is 0 Å². The van der Waals surface area contributed by atoms with Gasteiger partial charge < -0.3 is 11.1 Å². The predicted octanol–water partition coefficient (Wildman–Crippen LogP) is -2.53. The summed E-state index contributed by atoms with van der Waals surface area (Å²) in [5.41, 5.74) is 5.01. The first-order valence-electron chi connectivity index (χ1n) is 2.81. The molecular formula is C4H8N2O5S. The van der Waals surface area contributed by atoms with Crippen molar-refractivity contribution in [3.05, 3.63) is 0 Å².